The van der Waals surface area contributed by atoms with Gasteiger partial charge in [-0.15, -0.1) is 34.2 Å². The van der Waals surface area contributed by atoms with Gasteiger partial charge in [-0.05, 0) is 31.0 Å². The topological polar surface area (TPSA) is 85.6 Å². The second-order valence-corrected chi connectivity index (χ2v) is 6.21. The van der Waals surface area contributed by atoms with Gasteiger partial charge in [0.05, 0.1) is 13.7 Å². The van der Waals surface area contributed by atoms with Gasteiger partial charge < -0.3 is 24.7 Å². The van der Waals surface area contributed by atoms with Crippen molar-refractivity contribution in [1.29, 1.82) is 0 Å². The first-order valence-electron chi connectivity index (χ1n) is 9.86. The fourth-order valence-corrected chi connectivity index (χ4v) is 2.68. The molecular formula is C20H33IN6O2. The number of rotatable bonds is 12. The lowest BCUT2D eigenvalue weighted by atomic mass is 10.2. The van der Waals surface area contributed by atoms with Gasteiger partial charge in [0.25, 0.3) is 0 Å². The standard InChI is InChI=1S/C20H32N6O2.HI/c1-4-19-25-24-16-26(19)12-11-22-20(21-10-7-13-28-5-2)23-15-17-8-6-9-18(14-17)27-3;/h6,8-9,14,16H,4-5,7,10-13,15H2,1-3H3,(H2,21,22,23);1H. The first kappa shape index (κ1) is 25.2. The van der Waals surface area contributed by atoms with Crippen molar-refractivity contribution in [1.82, 2.24) is 25.4 Å². The molecule has 0 atom stereocenters. The van der Waals surface area contributed by atoms with E-state index in [0.717, 1.165) is 68.8 Å². The zero-order chi connectivity index (χ0) is 20.0. The minimum atomic E-state index is 0. The van der Waals surface area contributed by atoms with Crippen LogP contribution in [0.3, 0.4) is 0 Å². The molecule has 162 valence electrons. The second-order valence-electron chi connectivity index (χ2n) is 6.21. The molecule has 8 nitrogen and oxygen atoms in total. The Bertz CT molecular complexity index is 723. The van der Waals surface area contributed by atoms with Gasteiger partial charge in [-0.1, -0.05) is 19.1 Å². The van der Waals surface area contributed by atoms with Crippen LogP contribution in [0.1, 0.15) is 31.7 Å². The van der Waals surface area contributed by atoms with Crippen LogP contribution in [0.5, 0.6) is 5.75 Å². The minimum absolute atomic E-state index is 0. The zero-order valence-corrected chi connectivity index (χ0v) is 19.9. The molecule has 1 heterocycles. The van der Waals surface area contributed by atoms with Gasteiger partial charge in [0.1, 0.15) is 17.9 Å². The van der Waals surface area contributed by atoms with Crippen LogP contribution in [-0.4, -0.2) is 54.1 Å². The van der Waals surface area contributed by atoms with Crippen molar-refractivity contribution in [3.63, 3.8) is 0 Å². The van der Waals surface area contributed by atoms with Gasteiger partial charge in [-0.3, -0.25) is 0 Å². The third-order valence-corrected chi connectivity index (χ3v) is 4.17. The van der Waals surface area contributed by atoms with Crippen LogP contribution in [0.4, 0.5) is 0 Å². The summed E-state index contributed by atoms with van der Waals surface area (Å²) in [7, 11) is 1.67. The van der Waals surface area contributed by atoms with Crippen LogP contribution >= 0.6 is 24.0 Å². The molecule has 1 aromatic carbocycles. The van der Waals surface area contributed by atoms with E-state index in [4.69, 9.17) is 14.5 Å². The van der Waals surface area contributed by atoms with Crippen molar-refractivity contribution < 1.29 is 9.47 Å². The van der Waals surface area contributed by atoms with Crippen LogP contribution in [0.25, 0.3) is 0 Å². The Morgan fingerprint density at radius 3 is 2.79 bits per heavy atom. The Balaban J connectivity index is 0.00000420. The maximum atomic E-state index is 5.39. The third-order valence-electron chi connectivity index (χ3n) is 4.17. The fourth-order valence-electron chi connectivity index (χ4n) is 2.68. The van der Waals surface area contributed by atoms with E-state index in [0.29, 0.717) is 6.54 Å². The van der Waals surface area contributed by atoms with E-state index in [9.17, 15) is 0 Å². The summed E-state index contributed by atoms with van der Waals surface area (Å²) in [5.41, 5.74) is 1.10. The molecule has 0 amide bonds. The Morgan fingerprint density at radius 2 is 2.03 bits per heavy atom. The zero-order valence-electron chi connectivity index (χ0n) is 17.6. The number of nitrogens with zero attached hydrogens (tertiary/aromatic N) is 4. The van der Waals surface area contributed by atoms with Gasteiger partial charge in [0, 0.05) is 39.3 Å². The molecule has 0 radical (unpaired) electrons. The Labute approximate surface area is 190 Å². The molecule has 2 aromatic rings. The number of methoxy groups -OCH3 is 1. The summed E-state index contributed by atoms with van der Waals surface area (Å²) >= 11 is 0. The van der Waals surface area contributed by atoms with Crippen LogP contribution < -0.4 is 15.4 Å². The normalized spacial score (nSPS) is 11.1. The average molecular weight is 516 g/mol. The summed E-state index contributed by atoms with van der Waals surface area (Å²) in [6.07, 6.45) is 3.56. The van der Waals surface area contributed by atoms with E-state index in [1.807, 2.05) is 31.2 Å². The fraction of sp³-hybridized carbons (Fsp3) is 0.550. The van der Waals surface area contributed by atoms with E-state index < -0.39 is 0 Å². The number of aromatic nitrogens is 3. The largest absolute Gasteiger partial charge is 0.497 e. The van der Waals surface area contributed by atoms with E-state index in [-0.39, 0.29) is 24.0 Å². The Morgan fingerprint density at radius 1 is 1.21 bits per heavy atom. The molecule has 1 aromatic heterocycles. The quantitative estimate of drug-likeness (QED) is 0.195. The second kappa shape index (κ2) is 15.0. The summed E-state index contributed by atoms with van der Waals surface area (Å²) in [6.45, 7) is 8.47. The number of aryl methyl sites for hydroxylation is 1. The molecule has 2 rings (SSSR count). The van der Waals surface area contributed by atoms with Crippen molar-refractivity contribution in [2.24, 2.45) is 4.99 Å². The molecule has 0 unspecified atom stereocenters. The maximum absolute atomic E-state index is 5.39. The van der Waals surface area contributed by atoms with Crippen molar-refractivity contribution >= 4 is 29.9 Å². The van der Waals surface area contributed by atoms with Gasteiger partial charge in [-0.2, -0.15) is 0 Å². The highest BCUT2D eigenvalue weighted by atomic mass is 127. The molecule has 0 saturated heterocycles. The van der Waals surface area contributed by atoms with Gasteiger partial charge in [-0.25, -0.2) is 4.99 Å². The van der Waals surface area contributed by atoms with E-state index in [1.54, 1.807) is 13.4 Å². The monoisotopic (exact) mass is 516 g/mol. The van der Waals surface area contributed by atoms with E-state index in [2.05, 4.69) is 32.3 Å². The molecule has 0 aliphatic carbocycles. The van der Waals surface area contributed by atoms with Crippen LogP contribution in [-0.2, 0) is 24.2 Å². The molecular weight excluding hydrogens is 483 g/mol. The maximum Gasteiger partial charge on any atom is 0.191 e. The van der Waals surface area contributed by atoms with Crippen molar-refractivity contribution in [3.05, 3.63) is 42.0 Å². The predicted octanol–water partition coefficient (Wildman–Crippen LogP) is 2.63. The molecule has 2 N–H and O–H groups in total. The number of aliphatic imine (C=N–C) groups is 1. The van der Waals surface area contributed by atoms with Crippen molar-refractivity contribution in [2.75, 3.05) is 33.4 Å². The molecule has 0 spiro atoms. The van der Waals surface area contributed by atoms with Gasteiger partial charge in [0.15, 0.2) is 5.96 Å². The summed E-state index contributed by atoms with van der Waals surface area (Å²) in [6, 6.07) is 7.96. The lowest BCUT2D eigenvalue weighted by molar-refractivity contribution is 0.145. The number of benzene rings is 1. The molecule has 0 bridgehead atoms. The highest BCUT2D eigenvalue weighted by Gasteiger charge is 2.03. The molecule has 29 heavy (non-hydrogen) atoms. The smallest absolute Gasteiger partial charge is 0.191 e. The van der Waals surface area contributed by atoms with Crippen LogP contribution in [0.15, 0.2) is 35.6 Å². The van der Waals surface area contributed by atoms with Crippen LogP contribution in [0.2, 0.25) is 0 Å². The summed E-state index contributed by atoms with van der Waals surface area (Å²) in [5, 5.41) is 14.9. The number of ether oxygens (including phenoxy) is 2. The number of guanidine groups is 1. The van der Waals surface area contributed by atoms with Crippen molar-refractivity contribution in [3.8, 4) is 5.75 Å². The molecule has 0 saturated carbocycles. The predicted molar refractivity (Wildman–Crippen MR) is 126 cm³/mol. The first-order chi connectivity index (χ1) is 13.8. The molecule has 0 aliphatic rings. The molecule has 0 fully saturated rings. The highest BCUT2D eigenvalue weighted by molar-refractivity contribution is 14.0. The Hall–Kier alpha value is -1.88. The summed E-state index contributed by atoms with van der Waals surface area (Å²) in [5.74, 6) is 2.61. The molecule has 0 aliphatic heterocycles. The third kappa shape index (κ3) is 9.44. The summed E-state index contributed by atoms with van der Waals surface area (Å²) in [4.78, 5) is 4.71. The lowest BCUT2D eigenvalue weighted by Crippen LogP contribution is -2.39. The number of nitrogens with one attached hydrogen (secondary N) is 2. The number of hydrogen-bond acceptors (Lipinski definition) is 5. The SMILES string of the molecule is CCOCCCNC(=NCc1cccc(OC)c1)NCCn1cnnc1CC.I. The number of hydrogen-bond donors (Lipinski definition) is 2. The molecule has 9 heteroatoms. The van der Waals surface area contributed by atoms with E-state index in [1.165, 1.54) is 0 Å². The van der Waals surface area contributed by atoms with Gasteiger partial charge in [0.2, 0.25) is 0 Å². The average Bonchev–Trinajstić information content (AvgIpc) is 3.19. The van der Waals surface area contributed by atoms with E-state index >= 15 is 0 Å². The minimum Gasteiger partial charge on any atom is -0.497 e. The first-order valence-corrected chi connectivity index (χ1v) is 9.86. The lowest BCUT2D eigenvalue weighted by Gasteiger charge is -2.13. The summed E-state index contributed by atoms with van der Waals surface area (Å²) < 4.78 is 12.7. The van der Waals surface area contributed by atoms with Gasteiger partial charge >= 0.3 is 0 Å². The number of halogens is 1. The Kier molecular flexibility index (Phi) is 13.0. The highest BCUT2D eigenvalue weighted by Crippen LogP contribution is 2.13. The van der Waals surface area contributed by atoms with Crippen molar-refractivity contribution in [2.45, 2.75) is 39.8 Å². The van der Waals surface area contributed by atoms with Crippen LogP contribution in [0, 0.1) is 0 Å².